The van der Waals surface area contributed by atoms with Crippen LogP contribution in [0.15, 0.2) is 24.3 Å². The molecule has 5 nitrogen and oxygen atoms in total. The molecular weight excluding hydrogens is 254 g/mol. The van der Waals surface area contributed by atoms with Gasteiger partial charge >= 0.3 is 6.03 Å². The molecule has 5 heteroatoms. The quantitative estimate of drug-likeness (QED) is 0.823. The third-order valence-electron chi connectivity index (χ3n) is 3.31. The zero-order valence-corrected chi connectivity index (χ0v) is 12.8. The fraction of sp³-hybridized carbons (Fsp3) is 0.533. The summed E-state index contributed by atoms with van der Waals surface area (Å²) in [5.41, 5.74) is 2.39. The van der Waals surface area contributed by atoms with E-state index in [-0.39, 0.29) is 18.7 Å². The molecule has 0 saturated heterocycles. The van der Waals surface area contributed by atoms with Gasteiger partial charge in [-0.25, -0.2) is 4.79 Å². The van der Waals surface area contributed by atoms with Crippen molar-refractivity contribution in [2.24, 2.45) is 0 Å². The summed E-state index contributed by atoms with van der Waals surface area (Å²) >= 11 is 0. The Morgan fingerprint density at radius 1 is 1.25 bits per heavy atom. The largest absolute Gasteiger partial charge is 0.395 e. The van der Waals surface area contributed by atoms with Gasteiger partial charge in [0, 0.05) is 20.1 Å². The summed E-state index contributed by atoms with van der Waals surface area (Å²) in [6, 6.07) is 8.28. The molecule has 0 aliphatic carbocycles. The van der Waals surface area contributed by atoms with E-state index in [1.54, 1.807) is 7.05 Å². The number of nitrogens with zero attached hydrogens (tertiary/aromatic N) is 2. The number of likely N-dealkylation sites (N-methyl/N-ethyl adjacent to an activating group) is 2. The van der Waals surface area contributed by atoms with Crippen LogP contribution in [0, 0.1) is 6.92 Å². The van der Waals surface area contributed by atoms with Gasteiger partial charge in [0.25, 0.3) is 0 Å². The van der Waals surface area contributed by atoms with Gasteiger partial charge < -0.3 is 20.2 Å². The number of benzene rings is 1. The third-order valence-corrected chi connectivity index (χ3v) is 3.31. The standard InChI is InChI=1S/C15H25N3O2/c1-12-5-7-13(8-6-12)14(17(2)3)11-16-15(20)18(4)9-10-19/h5-8,14,19H,9-11H2,1-4H3,(H,16,20). The van der Waals surface area contributed by atoms with Gasteiger partial charge in [0.1, 0.15) is 0 Å². The maximum absolute atomic E-state index is 11.8. The van der Waals surface area contributed by atoms with Crippen LogP contribution in [0.25, 0.3) is 0 Å². The number of carbonyl (C=O) groups excluding carboxylic acids is 1. The molecule has 1 aromatic carbocycles. The monoisotopic (exact) mass is 279 g/mol. The zero-order valence-electron chi connectivity index (χ0n) is 12.8. The molecular formula is C15H25N3O2. The van der Waals surface area contributed by atoms with Crippen molar-refractivity contribution in [3.05, 3.63) is 35.4 Å². The minimum atomic E-state index is -0.169. The highest BCUT2D eigenvalue weighted by molar-refractivity contribution is 5.73. The van der Waals surface area contributed by atoms with Crippen molar-refractivity contribution in [1.29, 1.82) is 0 Å². The summed E-state index contributed by atoms with van der Waals surface area (Å²) < 4.78 is 0. The average Bonchev–Trinajstić information content (AvgIpc) is 2.40. The molecule has 112 valence electrons. The van der Waals surface area contributed by atoms with E-state index in [0.29, 0.717) is 13.1 Å². The summed E-state index contributed by atoms with van der Waals surface area (Å²) in [6.07, 6.45) is 0. The first-order chi connectivity index (χ1) is 9.45. The number of amides is 2. The molecule has 2 amide bonds. The van der Waals surface area contributed by atoms with Crippen molar-refractivity contribution < 1.29 is 9.90 Å². The van der Waals surface area contributed by atoms with Gasteiger partial charge in [0.05, 0.1) is 12.6 Å². The molecule has 1 atom stereocenters. The lowest BCUT2D eigenvalue weighted by molar-refractivity contribution is 0.186. The molecule has 0 aliphatic heterocycles. The van der Waals surface area contributed by atoms with Crippen LogP contribution < -0.4 is 5.32 Å². The molecule has 0 aromatic heterocycles. The highest BCUT2D eigenvalue weighted by Crippen LogP contribution is 2.17. The van der Waals surface area contributed by atoms with Crippen LogP contribution in [0.5, 0.6) is 0 Å². The summed E-state index contributed by atoms with van der Waals surface area (Å²) in [7, 11) is 5.66. The number of aliphatic hydroxyl groups excluding tert-OH is 1. The molecule has 1 rings (SSSR count). The Morgan fingerprint density at radius 2 is 1.85 bits per heavy atom. The molecule has 0 saturated carbocycles. The topological polar surface area (TPSA) is 55.8 Å². The number of aryl methyl sites for hydroxylation is 1. The van der Waals surface area contributed by atoms with E-state index >= 15 is 0 Å². The highest BCUT2D eigenvalue weighted by Gasteiger charge is 2.16. The lowest BCUT2D eigenvalue weighted by Gasteiger charge is -2.26. The van der Waals surface area contributed by atoms with Crippen LogP contribution in [0.2, 0.25) is 0 Å². The number of rotatable bonds is 6. The molecule has 1 unspecified atom stereocenters. The molecule has 0 aliphatic rings. The summed E-state index contributed by atoms with van der Waals surface area (Å²) in [6.45, 7) is 2.90. The van der Waals surface area contributed by atoms with Gasteiger partial charge in [0.2, 0.25) is 0 Å². The Morgan fingerprint density at radius 3 is 2.35 bits per heavy atom. The summed E-state index contributed by atoms with van der Waals surface area (Å²) in [5, 5.41) is 11.7. The molecule has 1 aromatic rings. The van der Waals surface area contributed by atoms with Crippen molar-refractivity contribution in [1.82, 2.24) is 15.1 Å². The van der Waals surface area contributed by atoms with Gasteiger partial charge in [0.15, 0.2) is 0 Å². The van der Waals surface area contributed by atoms with Crippen LogP contribution in [-0.4, -0.2) is 61.8 Å². The van der Waals surface area contributed by atoms with Gasteiger partial charge in [-0.05, 0) is 26.6 Å². The first-order valence-corrected chi connectivity index (χ1v) is 6.78. The van der Waals surface area contributed by atoms with E-state index in [1.807, 2.05) is 14.1 Å². The second kappa shape index (κ2) is 7.87. The number of hydrogen-bond acceptors (Lipinski definition) is 3. The summed E-state index contributed by atoms with van der Waals surface area (Å²) in [4.78, 5) is 15.4. The van der Waals surface area contributed by atoms with Gasteiger partial charge in [-0.2, -0.15) is 0 Å². The first-order valence-electron chi connectivity index (χ1n) is 6.78. The second-order valence-corrected chi connectivity index (χ2v) is 5.22. The van der Waals surface area contributed by atoms with Crippen molar-refractivity contribution in [2.75, 3.05) is 40.8 Å². The minimum absolute atomic E-state index is 0.0288. The Hall–Kier alpha value is -1.59. The average molecular weight is 279 g/mol. The number of carbonyl (C=O) groups is 1. The summed E-state index contributed by atoms with van der Waals surface area (Å²) in [5.74, 6) is 0. The van der Waals surface area contributed by atoms with E-state index in [4.69, 9.17) is 5.11 Å². The van der Waals surface area contributed by atoms with Gasteiger partial charge in [-0.1, -0.05) is 29.8 Å². The number of nitrogens with one attached hydrogen (secondary N) is 1. The fourth-order valence-corrected chi connectivity index (χ4v) is 1.96. The lowest BCUT2D eigenvalue weighted by Crippen LogP contribution is -2.42. The van der Waals surface area contributed by atoms with Crippen LogP contribution >= 0.6 is 0 Å². The first kappa shape index (κ1) is 16.5. The van der Waals surface area contributed by atoms with Crippen molar-refractivity contribution in [2.45, 2.75) is 13.0 Å². The smallest absolute Gasteiger partial charge is 0.317 e. The normalized spacial score (nSPS) is 12.3. The van der Waals surface area contributed by atoms with Crippen molar-refractivity contribution in [3.8, 4) is 0 Å². The van der Waals surface area contributed by atoms with E-state index in [1.165, 1.54) is 16.0 Å². The van der Waals surface area contributed by atoms with Crippen LogP contribution in [0.4, 0.5) is 4.79 Å². The van der Waals surface area contributed by atoms with Crippen molar-refractivity contribution in [3.63, 3.8) is 0 Å². The van der Waals surface area contributed by atoms with E-state index in [2.05, 4.69) is 41.4 Å². The molecule has 0 spiro atoms. The zero-order chi connectivity index (χ0) is 15.1. The van der Waals surface area contributed by atoms with Crippen LogP contribution in [0.3, 0.4) is 0 Å². The molecule has 0 radical (unpaired) electrons. The molecule has 0 bridgehead atoms. The SMILES string of the molecule is Cc1ccc(C(CNC(=O)N(C)CCO)N(C)C)cc1. The fourth-order valence-electron chi connectivity index (χ4n) is 1.96. The number of hydrogen-bond donors (Lipinski definition) is 2. The third kappa shape index (κ3) is 4.83. The van der Waals surface area contributed by atoms with E-state index < -0.39 is 0 Å². The Balaban J connectivity index is 2.64. The lowest BCUT2D eigenvalue weighted by atomic mass is 10.0. The highest BCUT2D eigenvalue weighted by atomic mass is 16.3. The van der Waals surface area contributed by atoms with Gasteiger partial charge in [-0.3, -0.25) is 0 Å². The Labute approximate surface area is 121 Å². The molecule has 2 N–H and O–H groups in total. The van der Waals surface area contributed by atoms with Crippen LogP contribution in [0.1, 0.15) is 17.2 Å². The van der Waals surface area contributed by atoms with Crippen LogP contribution in [-0.2, 0) is 0 Å². The number of urea groups is 1. The second-order valence-electron chi connectivity index (χ2n) is 5.22. The Kier molecular flexibility index (Phi) is 6.48. The van der Waals surface area contributed by atoms with E-state index in [0.717, 1.165) is 0 Å². The van der Waals surface area contributed by atoms with Crippen molar-refractivity contribution >= 4 is 6.03 Å². The number of aliphatic hydroxyl groups is 1. The maximum atomic E-state index is 11.8. The maximum Gasteiger partial charge on any atom is 0.317 e. The predicted octanol–water partition coefficient (Wildman–Crippen LogP) is 1.23. The molecule has 20 heavy (non-hydrogen) atoms. The molecule has 0 heterocycles. The molecule has 0 fully saturated rings. The van der Waals surface area contributed by atoms with E-state index in [9.17, 15) is 4.79 Å². The van der Waals surface area contributed by atoms with Gasteiger partial charge in [-0.15, -0.1) is 0 Å². The minimum Gasteiger partial charge on any atom is -0.395 e. The predicted molar refractivity (Wildman–Crippen MR) is 80.7 cm³/mol. The Bertz CT molecular complexity index is 418.